The zero-order chi connectivity index (χ0) is 12.8. The van der Waals surface area contributed by atoms with Crippen molar-refractivity contribution >= 4 is 11.5 Å². The Kier molecular flexibility index (Phi) is 4.80. The summed E-state index contributed by atoms with van der Waals surface area (Å²) in [6.45, 7) is 1.78. The molecule has 1 aromatic rings. The van der Waals surface area contributed by atoms with Crippen molar-refractivity contribution in [3.05, 3.63) is 27.9 Å². The number of pyridine rings is 1. The Balaban J connectivity index is 3.12. The SMILES string of the molecule is Cc1cnc(N(CCO)CCO)c([N+](=O)[O-])c1. The molecule has 0 bridgehead atoms. The first-order valence-electron chi connectivity index (χ1n) is 5.18. The van der Waals surface area contributed by atoms with Crippen LogP contribution in [0.2, 0.25) is 0 Å². The molecule has 94 valence electrons. The third-order valence-corrected chi connectivity index (χ3v) is 2.22. The highest BCUT2D eigenvalue weighted by Crippen LogP contribution is 2.25. The van der Waals surface area contributed by atoms with E-state index in [0.29, 0.717) is 5.56 Å². The summed E-state index contributed by atoms with van der Waals surface area (Å²) >= 11 is 0. The highest BCUT2D eigenvalue weighted by atomic mass is 16.6. The Morgan fingerprint density at radius 2 is 2.00 bits per heavy atom. The molecule has 17 heavy (non-hydrogen) atoms. The highest BCUT2D eigenvalue weighted by molar-refractivity contribution is 5.58. The molecule has 0 aliphatic carbocycles. The summed E-state index contributed by atoms with van der Waals surface area (Å²) in [4.78, 5) is 15.9. The first kappa shape index (κ1) is 13.3. The smallest absolute Gasteiger partial charge is 0.311 e. The van der Waals surface area contributed by atoms with Gasteiger partial charge in [-0.05, 0) is 12.5 Å². The molecule has 0 aromatic carbocycles. The molecule has 2 N–H and O–H groups in total. The molecule has 0 aliphatic rings. The van der Waals surface area contributed by atoms with E-state index in [9.17, 15) is 10.1 Å². The summed E-state index contributed by atoms with van der Waals surface area (Å²) in [6, 6.07) is 1.42. The summed E-state index contributed by atoms with van der Waals surface area (Å²) in [5, 5.41) is 28.7. The lowest BCUT2D eigenvalue weighted by atomic mass is 10.2. The molecule has 0 aliphatic heterocycles. The number of anilines is 1. The molecule has 0 amide bonds. The predicted molar refractivity (Wildman–Crippen MR) is 62.0 cm³/mol. The van der Waals surface area contributed by atoms with Gasteiger partial charge in [-0.25, -0.2) is 4.98 Å². The van der Waals surface area contributed by atoms with Crippen LogP contribution >= 0.6 is 0 Å². The Morgan fingerprint density at radius 3 is 2.47 bits per heavy atom. The van der Waals surface area contributed by atoms with Crippen LogP contribution in [0.3, 0.4) is 0 Å². The van der Waals surface area contributed by atoms with Crippen molar-refractivity contribution in [1.82, 2.24) is 4.98 Å². The van der Waals surface area contributed by atoms with E-state index in [2.05, 4.69) is 4.98 Å². The third kappa shape index (κ3) is 3.36. The molecule has 0 saturated carbocycles. The lowest BCUT2D eigenvalue weighted by Crippen LogP contribution is -2.31. The summed E-state index contributed by atoms with van der Waals surface area (Å²) in [5.41, 5.74) is 0.570. The highest BCUT2D eigenvalue weighted by Gasteiger charge is 2.20. The molecule has 7 heteroatoms. The average molecular weight is 241 g/mol. The Morgan fingerprint density at radius 1 is 1.41 bits per heavy atom. The standard InChI is InChI=1S/C10H15N3O4/c1-8-6-9(13(16)17)10(11-7-8)12(2-4-14)3-5-15/h6-7,14-15H,2-5H2,1H3. The second-order valence-corrected chi connectivity index (χ2v) is 3.55. The normalized spacial score (nSPS) is 10.3. The first-order chi connectivity index (χ1) is 8.10. The minimum atomic E-state index is -0.517. The van der Waals surface area contributed by atoms with Crippen LogP contribution in [0.5, 0.6) is 0 Å². The van der Waals surface area contributed by atoms with Crippen LogP contribution < -0.4 is 4.90 Å². The summed E-state index contributed by atoms with van der Waals surface area (Å²) in [5.74, 6) is 0.170. The minimum absolute atomic E-state index is 0.119. The molecule has 0 spiro atoms. The number of nitro groups is 1. The lowest BCUT2D eigenvalue weighted by molar-refractivity contribution is -0.384. The van der Waals surface area contributed by atoms with E-state index in [-0.39, 0.29) is 37.8 Å². The molecular formula is C10H15N3O4. The van der Waals surface area contributed by atoms with Gasteiger partial charge in [0, 0.05) is 25.4 Å². The number of aryl methyl sites for hydroxylation is 1. The van der Waals surface area contributed by atoms with Gasteiger partial charge < -0.3 is 15.1 Å². The molecule has 1 aromatic heterocycles. The van der Waals surface area contributed by atoms with Crippen LogP contribution in [0.25, 0.3) is 0 Å². The van der Waals surface area contributed by atoms with Gasteiger partial charge >= 0.3 is 5.69 Å². The molecule has 7 nitrogen and oxygen atoms in total. The van der Waals surface area contributed by atoms with Gasteiger partial charge in [0.25, 0.3) is 0 Å². The minimum Gasteiger partial charge on any atom is -0.395 e. The van der Waals surface area contributed by atoms with Crippen molar-refractivity contribution in [2.24, 2.45) is 0 Å². The van der Waals surface area contributed by atoms with Gasteiger partial charge in [0.1, 0.15) is 0 Å². The fourth-order valence-electron chi connectivity index (χ4n) is 1.49. The number of aromatic nitrogens is 1. The maximum absolute atomic E-state index is 10.9. The van der Waals surface area contributed by atoms with Crippen LogP contribution in [0.15, 0.2) is 12.3 Å². The van der Waals surface area contributed by atoms with Gasteiger partial charge in [0.05, 0.1) is 18.1 Å². The summed E-state index contributed by atoms with van der Waals surface area (Å²) in [7, 11) is 0. The maximum Gasteiger partial charge on any atom is 0.311 e. The average Bonchev–Trinajstić information content (AvgIpc) is 2.28. The molecule has 0 saturated heterocycles. The lowest BCUT2D eigenvalue weighted by Gasteiger charge is -2.21. The van der Waals surface area contributed by atoms with Gasteiger partial charge in [-0.2, -0.15) is 0 Å². The molecule has 0 radical (unpaired) electrons. The van der Waals surface area contributed by atoms with Gasteiger partial charge in [0.15, 0.2) is 0 Å². The van der Waals surface area contributed by atoms with Crippen molar-refractivity contribution in [1.29, 1.82) is 0 Å². The summed E-state index contributed by atoms with van der Waals surface area (Å²) < 4.78 is 0. The number of rotatable bonds is 6. The predicted octanol–water partition coefficient (Wildman–Crippen LogP) is 0.0892. The van der Waals surface area contributed by atoms with Crippen molar-refractivity contribution < 1.29 is 15.1 Å². The van der Waals surface area contributed by atoms with Crippen LogP contribution in [-0.4, -0.2) is 46.4 Å². The van der Waals surface area contributed by atoms with Crippen LogP contribution in [0, 0.1) is 17.0 Å². The Hall–Kier alpha value is -1.73. The molecule has 0 fully saturated rings. The van der Waals surface area contributed by atoms with Gasteiger partial charge in [-0.3, -0.25) is 10.1 Å². The van der Waals surface area contributed by atoms with E-state index in [0.717, 1.165) is 0 Å². The largest absolute Gasteiger partial charge is 0.395 e. The second kappa shape index (κ2) is 6.12. The zero-order valence-electron chi connectivity index (χ0n) is 9.54. The van der Waals surface area contributed by atoms with Crippen molar-refractivity contribution in [2.75, 3.05) is 31.2 Å². The summed E-state index contributed by atoms with van der Waals surface area (Å²) in [6.07, 6.45) is 1.52. The molecule has 1 heterocycles. The number of aliphatic hydroxyl groups is 2. The number of aliphatic hydroxyl groups excluding tert-OH is 2. The van der Waals surface area contributed by atoms with Crippen molar-refractivity contribution in [3.63, 3.8) is 0 Å². The van der Waals surface area contributed by atoms with Crippen molar-refractivity contribution in [3.8, 4) is 0 Å². The van der Waals surface area contributed by atoms with Crippen LogP contribution in [0.1, 0.15) is 5.56 Å². The zero-order valence-corrected chi connectivity index (χ0v) is 9.54. The van der Waals surface area contributed by atoms with Crippen molar-refractivity contribution in [2.45, 2.75) is 6.92 Å². The van der Waals surface area contributed by atoms with Crippen LogP contribution in [0.4, 0.5) is 11.5 Å². The molecule has 0 unspecified atom stereocenters. The quantitative estimate of drug-likeness (QED) is 0.541. The van der Waals surface area contributed by atoms with E-state index in [1.165, 1.54) is 17.2 Å². The molecule has 0 atom stereocenters. The van der Waals surface area contributed by atoms with E-state index >= 15 is 0 Å². The van der Waals surface area contributed by atoms with Crippen LogP contribution in [-0.2, 0) is 0 Å². The fraction of sp³-hybridized carbons (Fsp3) is 0.500. The first-order valence-corrected chi connectivity index (χ1v) is 5.18. The Labute approximate surface area is 98.5 Å². The van der Waals surface area contributed by atoms with Gasteiger partial charge in [-0.1, -0.05) is 0 Å². The number of hydrogen-bond donors (Lipinski definition) is 2. The molecule has 1 rings (SSSR count). The van der Waals surface area contributed by atoms with Gasteiger partial charge in [-0.15, -0.1) is 0 Å². The van der Waals surface area contributed by atoms with E-state index < -0.39 is 4.92 Å². The van der Waals surface area contributed by atoms with Gasteiger partial charge in [0.2, 0.25) is 5.82 Å². The number of nitrogens with zero attached hydrogens (tertiary/aromatic N) is 3. The van der Waals surface area contributed by atoms with E-state index in [1.807, 2.05) is 0 Å². The topological polar surface area (TPSA) is 99.7 Å². The maximum atomic E-state index is 10.9. The number of hydrogen-bond acceptors (Lipinski definition) is 6. The monoisotopic (exact) mass is 241 g/mol. The van der Waals surface area contributed by atoms with E-state index in [1.54, 1.807) is 6.92 Å². The Bertz CT molecular complexity index is 391. The fourth-order valence-corrected chi connectivity index (χ4v) is 1.49. The third-order valence-electron chi connectivity index (χ3n) is 2.22. The van der Waals surface area contributed by atoms with E-state index in [4.69, 9.17) is 10.2 Å². The second-order valence-electron chi connectivity index (χ2n) is 3.55. The molecular weight excluding hydrogens is 226 g/mol.